The molecule has 1 fully saturated rings. The number of nitrogens with one attached hydrogen (secondary N) is 1. The fourth-order valence-electron chi connectivity index (χ4n) is 2.45. The Bertz CT molecular complexity index is 450. The van der Waals surface area contributed by atoms with Crippen LogP contribution < -0.4 is 10.1 Å². The van der Waals surface area contributed by atoms with Crippen LogP contribution in [-0.4, -0.2) is 42.0 Å². The molecule has 0 radical (unpaired) electrons. The van der Waals surface area contributed by atoms with E-state index in [0.29, 0.717) is 6.54 Å². The van der Waals surface area contributed by atoms with Gasteiger partial charge in [-0.15, -0.1) is 0 Å². The molecule has 1 N–H and O–H groups in total. The van der Waals surface area contributed by atoms with E-state index in [2.05, 4.69) is 19.2 Å². The second-order valence-corrected chi connectivity index (χ2v) is 6.19. The smallest absolute Gasteiger partial charge is 0.238 e. The molecule has 0 bridgehead atoms. The Hall–Kier alpha value is -1.20. The number of carbonyl (C=O) groups is 1. The second kappa shape index (κ2) is 6.99. The summed E-state index contributed by atoms with van der Waals surface area (Å²) >= 11 is 1.87. The molecule has 0 aromatic heterocycles. The van der Waals surface area contributed by atoms with Gasteiger partial charge in [0.15, 0.2) is 0 Å². The van der Waals surface area contributed by atoms with Crippen LogP contribution in [0.1, 0.15) is 25.6 Å². The van der Waals surface area contributed by atoms with Crippen molar-refractivity contribution in [2.24, 2.45) is 0 Å². The third kappa shape index (κ3) is 3.27. The number of carbonyl (C=O) groups excluding carboxylic acids is 1. The van der Waals surface area contributed by atoms with Crippen LogP contribution in [0.15, 0.2) is 24.3 Å². The normalized spacial score (nSPS) is 20.2. The highest BCUT2D eigenvalue weighted by molar-refractivity contribution is 7.99. The van der Waals surface area contributed by atoms with Crippen molar-refractivity contribution < 1.29 is 9.53 Å². The zero-order chi connectivity index (χ0) is 14.5. The molecule has 110 valence electrons. The molecule has 1 aromatic rings. The lowest BCUT2D eigenvalue weighted by molar-refractivity contribution is -0.129. The topological polar surface area (TPSA) is 41.6 Å². The van der Waals surface area contributed by atoms with Gasteiger partial charge in [0.2, 0.25) is 5.91 Å². The lowest BCUT2D eigenvalue weighted by Gasteiger charge is -2.30. The van der Waals surface area contributed by atoms with Gasteiger partial charge in [-0.3, -0.25) is 10.1 Å². The average Bonchev–Trinajstić information content (AvgIpc) is 2.86. The van der Waals surface area contributed by atoms with Gasteiger partial charge in [-0.25, -0.2) is 0 Å². The van der Waals surface area contributed by atoms with Crippen molar-refractivity contribution >= 4 is 17.7 Å². The van der Waals surface area contributed by atoms with Gasteiger partial charge in [0.25, 0.3) is 0 Å². The summed E-state index contributed by atoms with van der Waals surface area (Å²) in [7, 11) is 1.66. The molecule has 0 spiro atoms. The number of amides is 1. The van der Waals surface area contributed by atoms with E-state index >= 15 is 0 Å². The number of benzene rings is 1. The van der Waals surface area contributed by atoms with E-state index in [4.69, 9.17) is 4.74 Å². The molecule has 1 aliphatic rings. The first kappa shape index (κ1) is 15.2. The Labute approximate surface area is 124 Å². The Morgan fingerprint density at radius 2 is 2.15 bits per heavy atom. The molecule has 2 rings (SSSR count). The Kier molecular flexibility index (Phi) is 5.31. The zero-order valence-electron chi connectivity index (χ0n) is 12.3. The van der Waals surface area contributed by atoms with Crippen LogP contribution in [0, 0.1) is 0 Å². The van der Waals surface area contributed by atoms with E-state index in [0.717, 1.165) is 22.8 Å². The van der Waals surface area contributed by atoms with Gasteiger partial charge in [-0.2, -0.15) is 11.8 Å². The van der Waals surface area contributed by atoms with Crippen LogP contribution in [-0.2, 0) is 4.79 Å². The summed E-state index contributed by atoms with van der Waals surface area (Å²) in [5, 5.41) is 3.29. The summed E-state index contributed by atoms with van der Waals surface area (Å²) in [6.45, 7) is 4.67. The van der Waals surface area contributed by atoms with Crippen molar-refractivity contribution in [1.82, 2.24) is 10.2 Å². The first-order chi connectivity index (χ1) is 9.67. The Balaban J connectivity index is 2.13. The minimum atomic E-state index is -0.0270. The van der Waals surface area contributed by atoms with E-state index < -0.39 is 0 Å². The molecule has 1 aromatic carbocycles. The minimum Gasteiger partial charge on any atom is -0.497 e. The molecule has 4 nitrogen and oxygen atoms in total. The summed E-state index contributed by atoms with van der Waals surface area (Å²) in [5.41, 5.74) is 1.10. The second-order valence-electron chi connectivity index (χ2n) is 4.87. The molecule has 5 heteroatoms. The predicted molar refractivity (Wildman–Crippen MR) is 83.0 cm³/mol. The number of methoxy groups -OCH3 is 1. The highest BCUT2D eigenvalue weighted by atomic mass is 32.2. The quantitative estimate of drug-likeness (QED) is 0.874. The fraction of sp³-hybridized carbons (Fsp3) is 0.533. The van der Waals surface area contributed by atoms with Gasteiger partial charge < -0.3 is 9.64 Å². The molecule has 2 unspecified atom stereocenters. The molecule has 0 aliphatic carbocycles. The predicted octanol–water partition coefficient (Wildman–Crippen LogP) is 2.27. The number of ether oxygens (including phenoxy) is 1. The van der Waals surface area contributed by atoms with Crippen molar-refractivity contribution in [3.63, 3.8) is 0 Å². The Morgan fingerprint density at radius 3 is 2.75 bits per heavy atom. The number of rotatable bonds is 6. The molecular formula is C15H22N2O2S. The van der Waals surface area contributed by atoms with Crippen LogP contribution in [0.2, 0.25) is 0 Å². The van der Waals surface area contributed by atoms with E-state index in [1.165, 1.54) is 0 Å². The van der Waals surface area contributed by atoms with Gasteiger partial charge in [0, 0.05) is 11.8 Å². The first-order valence-electron chi connectivity index (χ1n) is 6.93. The van der Waals surface area contributed by atoms with Crippen LogP contribution in [0.25, 0.3) is 0 Å². The van der Waals surface area contributed by atoms with Gasteiger partial charge in [-0.05, 0) is 30.4 Å². The van der Waals surface area contributed by atoms with Crippen molar-refractivity contribution in [2.45, 2.75) is 26.1 Å². The summed E-state index contributed by atoms with van der Waals surface area (Å²) < 4.78 is 5.18. The third-order valence-corrected chi connectivity index (χ3v) is 4.61. The maximum Gasteiger partial charge on any atom is 0.238 e. The maximum atomic E-state index is 12.1. The molecular weight excluding hydrogens is 272 g/mol. The number of thioether (sulfide) groups is 1. The zero-order valence-corrected chi connectivity index (χ0v) is 13.1. The van der Waals surface area contributed by atoms with Crippen LogP contribution >= 0.6 is 11.8 Å². The summed E-state index contributed by atoms with van der Waals surface area (Å²) in [6, 6.07) is 8.13. The van der Waals surface area contributed by atoms with Crippen LogP contribution in [0.5, 0.6) is 5.75 Å². The van der Waals surface area contributed by atoms with Crippen molar-refractivity contribution in [1.29, 1.82) is 0 Å². The Morgan fingerprint density at radius 1 is 1.45 bits per heavy atom. The highest BCUT2D eigenvalue weighted by Gasteiger charge is 2.34. The molecule has 20 heavy (non-hydrogen) atoms. The minimum absolute atomic E-state index is 0.0270. The van der Waals surface area contributed by atoms with E-state index in [-0.39, 0.29) is 18.1 Å². The summed E-state index contributed by atoms with van der Waals surface area (Å²) in [5.74, 6) is 3.05. The lowest BCUT2D eigenvalue weighted by Crippen LogP contribution is -2.39. The van der Waals surface area contributed by atoms with Gasteiger partial charge >= 0.3 is 0 Å². The molecule has 1 aliphatic heterocycles. The fourth-order valence-corrected chi connectivity index (χ4v) is 3.19. The van der Waals surface area contributed by atoms with E-state index in [1.54, 1.807) is 7.11 Å². The molecule has 0 saturated carbocycles. The SMILES string of the molecule is CCSCC(C)N1C(=O)CNC1c1ccc(OC)cc1. The van der Waals surface area contributed by atoms with Crippen LogP contribution in [0.3, 0.4) is 0 Å². The number of hydrogen-bond acceptors (Lipinski definition) is 4. The first-order valence-corrected chi connectivity index (χ1v) is 8.09. The van der Waals surface area contributed by atoms with Crippen molar-refractivity contribution in [2.75, 3.05) is 25.2 Å². The van der Waals surface area contributed by atoms with Crippen molar-refractivity contribution in [3.8, 4) is 5.75 Å². The monoisotopic (exact) mass is 294 g/mol. The van der Waals surface area contributed by atoms with Gasteiger partial charge in [0.05, 0.1) is 13.7 Å². The van der Waals surface area contributed by atoms with Crippen molar-refractivity contribution in [3.05, 3.63) is 29.8 Å². The highest BCUT2D eigenvalue weighted by Crippen LogP contribution is 2.27. The molecule has 2 atom stereocenters. The standard InChI is InChI=1S/C15H22N2O2S/c1-4-20-10-11(2)17-14(18)9-16-15(17)12-5-7-13(19-3)8-6-12/h5-8,11,15-16H,4,9-10H2,1-3H3. The van der Waals surface area contributed by atoms with Gasteiger partial charge in [0.1, 0.15) is 11.9 Å². The lowest BCUT2D eigenvalue weighted by atomic mass is 10.1. The number of nitrogens with zero attached hydrogens (tertiary/aromatic N) is 1. The molecule has 1 saturated heterocycles. The molecule has 1 heterocycles. The third-order valence-electron chi connectivity index (χ3n) is 3.48. The maximum absolute atomic E-state index is 12.1. The van der Waals surface area contributed by atoms with E-state index in [1.807, 2.05) is 40.9 Å². The van der Waals surface area contributed by atoms with Gasteiger partial charge in [-0.1, -0.05) is 19.1 Å². The largest absolute Gasteiger partial charge is 0.497 e. The summed E-state index contributed by atoms with van der Waals surface area (Å²) in [6.07, 6.45) is -0.0270. The average molecular weight is 294 g/mol. The number of hydrogen-bond donors (Lipinski definition) is 1. The summed E-state index contributed by atoms with van der Waals surface area (Å²) in [4.78, 5) is 14.1. The molecule has 1 amide bonds. The van der Waals surface area contributed by atoms with Crippen LogP contribution in [0.4, 0.5) is 0 Å². The van der Waals surface area contributed by atoms with E-state index in [9.17, 15) is 4.79 Å².